The van der Waals surface area contributed by atoms with Crippen LogP contribution in [0.15, 0.2) is 18.2 Å². The zero-order valence-electron chi connectivity index (χ0n) is 11.7. The first-order chi connectivity index (χ1) is 10.1. The molecular formula is C15H18N2O4. The second kappa shape index (κ2) is 5.83. The molecule has 2 N–H and O–H groups in total. The molecule has 112 valence electrons. The van der Waals surface area contributed by atoms with Gasteiger partial charge < -0.3 is 20.1 Å². The van der Waals surface area contributed by atoms with E-state index in [0.717, 1.165) is 17.7 Å². The summed E-state index contributed by atoms with van der Waals surface area (Å²) in [5, 5.41) is 12.3. The van der Waals surface area contributed by atoms with Crippen LogP contribution in [0.25, 0.3) is 0 Å². The number of benzene rings is 1. The molecule has 2 heterocycles. The van der Waals surface area contributed by atoms with E-state index in [2.05, 4.69) is 5.32 Å². The molecule has 1 aromatic carbocycles. The number of hydrogen-bond acceptors (Lipinski definition) is 4. The maximum absolute atomic E-state index is 12.3. The molecule has 0 bridgehead atoms. The van der Waals surface area contributed by atoms with E-state index in [1.54, 1.807) is 23.1 Å². The second-order valence-electron chi connectivity index (χ2n) is 5.47. The Morgan fingerprint density at radius 3 is 2.86 bits per heavy atom. The molecule has 2 aliphatic heterocycles. The van der Waals surface area contributed by atoms with E-state index >= 15 is 0 Å². The van der Waals surface area contributed by atoms with Gasteiger partial charge in [-0.05, 0) is 23.3 Å². The standard InChI is InChI=1S/C15H18N2O4/c18-14(6-13-9-21-4-3-16-13)17-7-11-2-1-10(15(19)20)5-12(11)8-17/h1-2,5,13,16H,3-4,6-9H2,(H,19,20). The van der Waals surface area contributed by atoms with Gasteiger partial charge in [0.25, 0.3) is 0 Å². The Labute approximate surface area is 122 Å². The number of aromatic carboxylic acids is 1. The first-order valence-corrected chi connectivity index (χ1v) is 7.07. The summed E-state index contributed by atoms with van der Waals surface area (Å²) in [5.74, 6) is -0.864. The van der Waals surface area contributed by atoms with Crippen LogP contribution >= 0.6 is 0 Å². The van der Waals surface area contributed by atoms with E-state index in [-0.39, 0.29) is 17.5 Å². The average Bonchev–Trinajstić information content (AvgIpc) is 2.91. The Morgan fingerprint density at radius 2 is 2.14 bits per heavy atom. The average molecular weight is 290 g/mol. The minimum Gasteiger partial charge on any atom is -0.478 e. The predicted molar refractivity (Wildman–Crippen MR) is 74.9 cm³/mol. The Morgan fingerprint density at radius 1 is 1.33 bits per heavy atom. The molecule has 1 amide bonds. The normalized spacial score (nSPS) is 21.1. The highest BCUT2D eigenvalue weighted by atomic mass is 16.5. The lowest BCUT2D eigenvalue weighted by atomic mass is 10.1. The highest BCUT2D eigenvalue weighted by Crippen LogP contribution is 2.24. The van der Waals surface area contributed by atoms with E-state index in [0.29, 0.717) is 32.7 Å². The van der Waals surface area contributed by atoms with E-state index in [4.69, 9.17) is 9.84 Å². The fourth-order valence-electron chi connectivity index (χ4n) is 2.79. The second-order valence-corrected chi connectivity index (χ2v) is 5.47. The van der Waals surface area contributed by atoms with Crippen molar-refractivity contribution in [1.82, 2.24) is 10.2 Å². The predicted octanol–water partition coefficient (Wildman–Crippen LogP) is 0.605. The quantitative estimate of drug-likeness (QED) is 0.852. The van der Waals surface area contributed by atoms with Gasteiger partial charge in [-0.25, -0.2) is 4.79 Å². The molecule has 2 aliphatic rings. The van der Waals surface area contributed by atoms with Crippen LogP contribution in [-0.2, 0) is 22.6 Å². The molecule has 1 aromatic rings. The maximum atomic E-state index is 12.3. The number of carboxylic acids is 1. The first-order valence-electron chi connectivity index (χ1n) is 7.07. The van der Waals surface area contributed by atoms with Gasteiger partial charge in [0.15, 0.2) is 0 Å². The third-order valence-corrected chi connectivity index (χ3v) is 3.95. The van der Waals surface area contributed by atoms with Crippen LogP contribution in [0.3, 0.4) is 0 Å². The van der Waals surface area contributed by atoms with Crippen molar-refractivity contribution in [2.45, 2.75) is 25.6 Å². The minimum atomic E-state index is -0.939. The number of carboxylic acid groups (broad SMARTS) is 1. The molecular weight excluding hydrogens is 272 g/mol. The molecule has 0 saturated carbocycles. The molecule has 0 spiro atoms. The Balaban J connectivity index is 1.63. The van der Waals surface area contributed by atoms with E-state index in [9.17, 15) is 9.59 Å². The molecule has 0 aliphatic carbocycles. The van der Waals surface area contributed by atoms with Crippen LogP contribution in [0, 0.1) is 0 Å². The van der Waals surface area contributed by atoms with Crippen molar-refractivity contribution < 1.29 is 19.4 Å². The smallest absolute Gasteiger partial charge is 0.335 e. The zero-order valence-corrected chi connectivity index (χ0v) is 11.7. The van der Waals surface area contributed by atoms with Gasteiger partial charge in [0.2, 0.25) is 5.91 Å². The van der Waals surface area contributed by atoms with Gasteiger partial charge in [-0.1, -0.05) is 6.07 Å². The van der Waals surface area contributed by atoms with Crippen LogP contribution in [0.5, 0.6) is 0 Å². The van der Waals surface area contributed by atoms with Gasteiger partial charge in [-0.2, -0.15) is 0 Å². The number of rotatable bonds is 3. The molecule has 1 fully saturated rings. The number of carbonyl (C=O) groups is 2. The van der Waals surface area contributed by atoms with Crippen molar-refractivity contribution in [3.05, 3.63) is 34.9 Å². The molecule has 1 saturated heterocycles. The Kier molecular flexibility index (Phi) is 3.90. The fourth-order valence-corrected chi connectivity index (χ4v) is 2.79. The van der Waals surface area contributed by atoms with Crippen molar-refractivity contribution in [2.75, 3.05) is 19.8 Å². The zero-order chi connectivity index (χ0) is 14.8. The summed E-state index contributed by atoms with van der Waals surface area (Å²) in [5.41, 5.74) is 2.22. The summed E-state index contributed by atoms with van der Waals surface area (Å²) in [6.07, 6.45) is 0.416. The van der Waals surface area contributed by atoms with Crippen molar-refractivity contribution in [2.24, 2.45) is 0 Å². The van der Waals surface area contributed by atoms with Gasteiger partial charge in [-0.3, -0.25) is 4.79 Å². The molecule has 21 heavy (non-hydrogen) atoms. The number of amides is 1. The number of ether oxygens (including phenoxy) is 1. The van der Waals surface area contributed by atoms with Gasteiger partial charge in [0, 0.05) is 32.1 Å². The van der Waals surface area contributed by atoms with Crippen LogP contribution < -0.4 is 5.32 Å². The minimum absolute atomic E-state index is 0.0737. The van der Waals surface area contributed by atoms with Gasteiger partial charge >= 0.3 is 5.97 Å². The lowest BCUT2D eigenvalue weighted by molar-refractivity contribution is -0.133. The van der Waals surface area contributed by atoms with Crippen molar-refractivity contribution in [1.29, 1.82) is 0 Å². The Bertz CT molecular complexity index is 567. The SMILES string of the molecule is O=C(O)c1ccc2c(c1)CN(C(=O)CC1COCCN1)C2. The molecule has 6 heteroatoms. The summed E-state index contributed by atoms with van der Waals surface area (Å²) in [6.45, 7) is 3.08. The largest absolute Gasteiger partial charge is 0.478 e. The highest BCUT2D eigenvalue weighted by Gasteiger charge is 2.26. The van der Waals surface area contributed by atoms with Crippen molar-refractivity contribution in [3.63, 3.8) is 0 Å². The van der Waals surface area contributed by atoms with Crippen molar-refractivity contribution in [3.8, 4) is 0 Å². The number of carbonyl (C=O) groups excluding carboxylic acids is 1. The molecule has 1 atom stereocenters. The van der Waals surface area contributed by atoms with Crippen LogP contribution in [0.2, 0.25) is 0 Å². The number of nitrogens with zero attached hydrogens (tertiary/aromatic N) is 1. The van der Waals surface area contributed by atoms with Gasteiger partial charge in [-0.15, -0.1) is 0 Å². The topological polar surface area (TPSA) is 78.9 Å². The summed E-state index contributed by atoms with van der Waals surface area (Å²) in [7, 11) is 0. The maximum Gasteiger partial charge on any atom is 0.335 e. The molecule has 1 unspecified atom stereocenters. The summed E-state index contributed by atoms with van der Waals surface area (Å²) in [6, 6.07) is 5.12. The van der Waals surface area contributed by atoms with E-state index in [1.807, 2.05) is 0 Å². The van der Waals surface area contributed by atoms with E-state index in [1.165, 1.54) is 0 Å². The number of nitrogens with one attached hydrogen (secondary N) is 1. The number of morpholine rings is 1. The fraction of sp³-hybridized carbons (Fsp3) is 0.467. The third kappa shape index (κ3) is 3.06. The lowest BCUT2D eigenvalue weighted by Crippen LogP contribution is -2.44. The molecule has 0 aromatic heterocycles. The van der Waals surface area contributed by atoms with Gasteiger partial charge in [0.1, 0.15) is 0 Å². The molecule has 3 rings (SSSR count). The summed E-state index contributed by atoms with van der Waals surface area (Å²) >= 11 is 0. The molecule has 6 nitrogen and oxygen atoms in total. The van der Waals surface area contributed by atoms with E-state index < -0.39 is 5.97 Å². The lowest BCUT2D eigenvalue weighted by Gasteiger charge is -2.25. The number of hydrogen-bond donors (Lipinski definition) is 2. The Hall–Kier alpha value is -1.92. The monoisotopic (exact) mass is 290 g/mol. The van der Waals surface area contributed by atoms with Crippen LogP contribution in [0.4, 0.5) is 0 Å². The van der Waals surface area contributed by atoms with Crippen molar-refractivity contribution >= 4 is 11.9 Å². The number of fused-ring (bicyclic) bond motifs is 1. The molecule has 0 radical (unpaired) electrons. The van der Waals surface area contributed by atoms with Crippen LogP contribution in [-0.4, -0.2) is 47.7 Å². The third-order valence-electron chi connectivity index (χ3n) is 3.95. The van der Waals surface area contributed by atoms with Gasteiger partial charge in [0.05, 0.1) is 18.8 Å². The van der Waals surface area contributed by atoms with Crippen LogP contribution in [0.1, 0.15) is 27.9 Å². The highest BCUT2D eigenvalue weighted by molar-refractivity contribution is 5.88. The first kappa shape index (κ1) is 14.0. The summed E-state index contributed by atoms with van der Waals surface area (Å²) < 4.78 is 5.35. The summed E-state index contributed by atoms with van der Waals surface area (Å²) in [4.78, 5) is 25.1.